The Kier molecular flexibility index (Phi) is 3.52. The number of carboxylic acids is 1. The van der Waals surface area contributed by atoms with Gasteiger partial charge in [0.25, 0.3) is 0 Å². The summed E-state index contributed by atoms with van der Waals surface area (Å²) in [4.78, 5) is 17.5. The Balaban J connectivity index is 2.34. The maximum absolute atomic E-state index is 11.2. The summed E-state index contributed by atoms with van der Waals surface area (Å²) in [5.74, 6) is 2.74. The van der Waals surface area contributed by atoms with Gasteiger partial charge >= 0.3 is 5.97 Å². The maximum Gasteiger partial charge on any atom is 0.339 e. The highest BCUT2D eigenvalue weighted by Crippen LogP contribution is 2.31. The summed E-state index contributed by atoms with van der Waals surface area (Å²) in [7, 11) is 0. The van der Waals surface area contributed by atoms with Gasteiger partial charge in [-0.1, -0.05) is 5.92 Å². The van der Waals surface area contributed by atoms with Crippen molar-refractivity contribution in [2.45, 2.75) is 19.8 Å². The van der Waals surface area contributed by atoms with Gasteiger partial charge in [-0.25, -0.2) is 9.78 Å². The number of terminal acetylenes is 1. The number of anilines is 1. The van der Waals surface area contributed by atoms with Gasteiger partial charge in [-0.2, -0.15) is 0 Å². The summed E-state index contributed by atoms with van der Waals surface area (Å²) in [6, 6.07) is 3.30. The molecule has 1 aromatic rings. The molecule has 0 radical (unpaired) electrons. The van der Waals surface area contributed by atoms with Gasteiger partial charge in [0.05, 0.1) is 6.54 Å². The Bertz CT molecular complexity index is 501. The average molecular weight is 244 g/mol. The van der Waals surface area contributed by atoms with Gasteiger partial charge < -0.3 is 10.0 Å². The molecule has 1 aliphatic carbocycles. The molecule has 4 heteroatoms. The van der Waals surface area contributed by atoms with E-state index in [1.807, 2.05) is 11.8 Å². The standard InChI is InChI=1S/C14H16N2O2/c1-3-8-16(9-11-5-6-11)13-12(14(17)18)7-4-10(2)15-13/h1,4,7,11H,5-6,8-9H2,2H3,(H,17,18). The Morgan fingerprint density at radius 2 is 2.33 bits per heavy atom. The number of aromatic carboxylic acids is 1. The zero-order chi connectivity index (χ0) is 13.1. The maximum atomic E-state index is 11.2. The molecule has 4 nitrogen and oxygen atoms in total. The first kappa shape index (κ1) is 12.4. The number of aryl methyl sites for hydroxylation is 1. The van der Waals surface area contributed by atoms with E-state index < -0.39 is 5.97 Å². The van der Waals surface area contributed by atoms with Crippen LogP contribution in [0.3, 0.4) is 0 Å². The molecule has 1 saturated carbocycles. The first-order chi connectivity index (χ1) is 8.61. The highest BCUT2D eigenvalue weighted by Gasteiger charge is 2.26. The van der Waals surface area contributed by atoms with Gasteiger partial charge in [-0.3, -0.25) is 0 Å². The molecule has 2 rings (SSSR count). The monoisotopic (exact) mass is 244 g/mol. The zero-order valence-corrected chi connectivity index (χ0v) is 10.4. The van der Waals surface area contributed by atoms with Crippen LogP contribution in [0, 0.1) is 25.2 Å². The van der Waals surface area contributed by atoms with Crippen LogP contribution in [0.25, 0.3) is 0 Å². The molecular formula is C14H16N2O2. The van der Waals surface area contributed by atoms with E-state index in [0.717, 1.165) is 12.2 Å². The predicted molar refractivity (Wildman–Crippen MR) is 69.7 cm³/mol. The van der Waals surface area contributed by atoms with E-state index >= 15 is 0 Å². The molecule has 0 aliphatic heterocycles. The molecule has 94 valence electrons. The van der Waals surface area contributed by atoms with Crippen LogP contribution in [-0.4, -0.2) is 29.1 Å². The lowest BCUT2D eigenvalue weighted by atomic mass is 10.2. The summed E-state index contributed by atoms with van der Waals surface area (Å²) >= 11 is 0. The first-order valence-corrected chi connectivity index (χ1v) is 6.01. The highest BCUT2D eigenvalue weighted by molar-refractivity contribution is 5.93. The fraction of sp³-hybridized carbons (Fsp3) is 0.429. The van der Waals surface area contributed by atoms with Crippen LogP contribution < -0.4 is 4.90 Å². The second kappa shape index (κ2) is 5.09. The second-order valence-corrected chi connectivity index (χ2v) is 4.66. The van der Waals surface area contributed by atoms with Crippen molar-refractivity contribution in [3.63, 3.8) is 0 Å². The third-order valence-electron chi connectivity index (χ3n) is 3.00. The lowest BCUT2D eigenvalue weighted by Gasteiger charge is -2.23. The fourth-order valence-electron chi connectivity index (χ4n) is 1.90. The number of pyridine rings is 1. The van der Waals surface area contributed by atoms with E-state index in [-0.39, 0.29) is 5.56 Å². The van der Waals surface area contributed by atoms with Crippen molar-refractivity contribution in [1.82, 2.24) is 4.98 Å². The lowest BCUT2D eigenvalue weighted by molar-refractivity contribution is 0.0697. The van der Waals surface area contributed by atoms with Crippen molar-refractivity contribution in [2.75, 3.05) is 18.0 Å². The van der Waals surface area contributed by atoms with Crippen LogP contribution in [0.2, 0.25) is 0 Å². The number of aromatic nitrogens is 1. The summed E-state index contributed by atoms with van der Waals surface area (Å²) in [5, 5.41) is 9.21. The third kappa shape index (κ3) is 2.80. The fourth-order valence-corrected chi connectivity index (χ4v) is 1.90. The van der Waals surface area contributed by atoms with Gasteiger partial charge in [0.15, 0.2) is 0 Å². The number of rotatable bonds is 5. The molecule has 0 saturated heterocycles. The minimum absolute atomic E-state index is 0.219. The largest absolute Gasteiger partial charge is 0.478 e. The molecule has 1 heterocycles. The highest BCUT2D eigenvalue weighted by atomic mass is 16.4. The first-order valence-electron chi connectivity index (χ1n) is 6.01. The Labute approximate surface area is 107 Å². The van der Waals surface area contributed by atoms with Crippen molar-refractivity contribution in [3.05, 3.63) is 23.4 Å². The van der Waals surface area contributed by atoms with Crippen molar-refractivity contribution >= 4 is 11.8 Å². The third-order valence-corrected chi connectivity index (χ3v) is 3.00. The quantitative estimate of drug-likeness (QED) is 0.804. The van der Waals surface area contributed by atoms with Crippen LogP contribution in [-0.2, 0) is 0 Å². The van der Waals surface area contributed by atoms with Gasteiger partial charge in [-0.15, -0.1) is 6.42 Å². The van der Waals surface area contributed by atoms with Crippen molar-refractivity contribution in [1.29, 1.82) is 0 Å². The van der Waals surface area contributed by atoms with E-state index in [9.17, 15) is 9.90 Å². The second-order valence-electron chi connectivity index (χ2n) is 4.66. The van der Waals surface area contributed by atoms with Crippen LogP contribution in [0.1, 0.15) is 28.9 Å². The summed E-state index contributed by atoms with van der Waals surface area (Å²) < 4.78 is 0. The van der Waals surface area contributed by atoms with Crippen LogP contribution in [0.4, 0.5) is 5.82 Å². The van der Waals surface area contributed by atoms with Gasteiger partial charge in [0, 0.05) is 12.2 Å². The van der Waals surface area contributed by atoms with E-state index in [1.54, 1.807) is 12.1 Å². The molecule has 1 aromatic heterocycles. The summed E-state index contributed by atoms with van der Waals surface area (Å²) in [6.07, 6.45) is 7.74. The smallest absolute Gasteiger partial charge is 0.339 e. The number of nitrogens with zero attached hydrogens (tertiary/aromatic N) is 2. The molecule has 0 amide bonds. The summed E-state index contributed by atoms with van der Waals surface area (Å²) in [6.45, 7) is 3.04. The van der Waals surface area contributed by atoms with Crippen LogP contribution in [0.5, 0.6) is 0 Å². The van der Waals surface area contributed by atoms with E-state index in [2.05, 4.69) is 10.9 Å². The molecule has 0 unspecified atom stereocenters. The number of carbonyl (C=O) groups is 1. The van der Waals surface area contributed by atoms with Crippen LogP contribution >= 0.6 is 0 Å². The molecule has 1 N–H and O–H groups in total. The van der Waals surface area contributed by atoms with Crippen molar-refractivity contribution in [3.8, 4) is 12.3 Å². The Morgan fingerprint density at radius 1 is 1.61 bits per heavy atom. The number of hydrogen-bond acceptors (Lipinski definition) is 3. The minimum atomic E-state index is -0.963. The van der Waals surface area contributed by atoms with E-state index in [0.29, 0.717) is 18.3 Å². The van der Waals surface area contributed by atoms with Gasteiger partial charge in [0.2, 0.25) is 0 Å². The van der Waals surface area contributed by atoms with Crippen molar-refractivity contribution in [2.24, 2.45) is 5.92 Å². The van der Waals surface area contributed by atoms with E-state index in [4.69, 9.17) is 6.42 Å². The minimum Gasteiger partial charge on any atom is -0.478 e. The molecule has 0 bridgehead atoms. The molecule has 1 fully saturated rings. The SMILES string of the molecule is C#CCN(CC1CC1)c1nc(C)ccc1C(=O)O. The van der Waals surface area contributed by atoms with Crippen molar-refractivity contribution < 1.29 is 9.90 Å². The predicted octanol–water partition coefficient (Wildman–Crippen LogP) is 1.94. The molecule has 0 aromatic carbocycles. The average Bonchev–Trinajstić information content (AvgIpc) is 3.12. The van der Waals surface area contributed by atoms with Gasteiger partial charge in [-0.05, 0) is 37.8 Å². The molecule has 0 atom stereocenters. The van der Waals surface area contributed by atoms with Crippen LogP contribution in [0.15, 0.2) is 12.1 Å². The number of hydrogen-bond donors (Lipinski definition) is 1. The molecule has 1 aliphatic rings. The topological polar surface area (TPSA) is 53.4 Å². The molecular weight excluding hydrogens is 228 g/mol. The molecule has 0 spiro atoms. The lowest BCUT2D eigenvalue weighted by Crippen LogP contribution is -2.29. The number of carboxylic acid groups (broad SMARTS) is 1. The van der Waals surface area contributed by atoms with Gasteiger partial charge in [0.1, 0.15) is 11.4 Å². The Hall–Kier alpha value is -2.02. The van der Waals surface area contributed by atoms with E-state index in [1.165, 1.54) is 12.8 Å². The zero-order valence-electron chi connectivity index (χ0n) is 10.4. The molecule has 18 heavy (non-hydrogen) atoms. The normalized spacial score (nSPS) is 14.0. The Morgan fingerprint density at radius 3 is 2.89 bits per heavy atom. The summed E-state index contributed by atoms with van der Waals surface area (Å²) in [5.41, 5.74) is 1.02.